The molecule has 4 fully saturated rings. The average molecular weight is 543 g/mol. The Bertz CT molecular complexity index is 561. The van der Waals surface area contributed by atoms with Crippen molar-refractivity contribution >= 4 is 12.6 Å². The quantitative estimate of drug-likeness (QED) is 0.158. The Morgan fingerprint density at radius 1 is 0.500 bits per heavy atom. The Kier molecular flexibility index (Phi) is 16.2. The van der Waals surface area contributed by atoms with Crippen LogP contribution in [0.5, 0.6) is 0 Å². The first-order valence-electron chi connectivity index (χ1n) is 17.6. The average Bonchev–Trinajstić information content (AvgIpc) is 2.95. The van der Waals surface area contributed by atoms with Gasteiger partial charge < -0.3 is 0 Å². The van der Waals surface area contributed by atoms with E-state index in [4.69, 9.17) is 0 Å². The van der Waals surface area contributed by atoms with Crippen LogP contribution >= 0.6 is 12.6 Å². The van der Waals surface area contributed by atoms with E-state index < -0.39 is 0 Å². The lowest BCUT2D eigenvalue weighted by atomic mass is 9.69. The van der Waals surface area contributed by atoms with Gasteiger partial charge in [0.1, 0.15) is 0 Å². The Morgan fingerprint density at radius 2 is 0.842 bits per heavy atom. The zero-order valence-electron chi connectivity index (χ0n) is 25.9. The second-order valence-corrected chi connectivity index (χ2v) is 14.8. The normalized spacial score (nSPS) is 36.7. The second-order valence-electron chi connectivity index (χ2n) is 14.1. The lowest BCUT2D eigenvalue weighted by Crippen LogP contribution is -2.25. The van der Waals surface area contributed by atoms with Gasteiger partial charge in [-0.15, -0.1) is 0 Å². The summed E-state index contributed by atoms with van der Waals surface area (Å²) >= 11 is 4.63. The lowest BCUT2D eigenvalue weighted by Gasteiger charge is -2.36. The van der Waals surface area contributed by atoms with Crippen molar-refractivity contribution in [2.75, 3.05) is 0 Å². The number of rotatable bonds is 10. The zero-order valence-corrected chi connectivity index (χ0v) is 26.8. The third-order valence-corrected chi connectivity index (χ3v) is 11.5. The van der Waals surface area contributed by atoms with E-state index in [0.717, 1.165) is 41.4 Å². The van der Waals surface area contributed by atoms with Gasteiger partial charge in [-0.2, -0.15) is 12.6 Å². The minimum absolute atomic E-state index is 0.703. The molecule has 4 rings (SSSR count). The highest BCUT2D eigenvalue weighted by Gasteiger charge is 2.30. The van der Waals surface area contributed by atoms with Gasteiger partial charge in [0.2, 0.25) is 0 Å². The van der Waals surface area contributed by atoms with E-state index in [9.17, 15) is 0 Å². The minimum Gasteiger partial charge on any atom is -0.176 e. The monoisotopic (exact) mass is 542 g/mol. The van der Waals surface area contributed by atoms with Crippen LogP contribution in [0.2, 0.25) is 0 Å². The smallest absolute Gasteiger partial charge is 0.00170 e. The molecule has 0 saturated heterocycles. The topological polar surface area (TPSA) is 0 Å². The van der Waals surface area contributed by atoms with Crippen molar-refractivity contribution in [3.8, 4) is 0 Å². The van der Waals surface area contributed by atoms with E-state index in [1.54, 1.807) is 0 Å². The van der Waals surface area contributed by atoms with Crippen molar-refractivity contribution in [2.24, 2.45) is 41.4 Å². The Labute approximate surface area is 245 Å². The molecular formula is C37H66S. The molecule has 0 nitrogen and oxygen atoms in total. The molecule has 0 spiro atoms. The molecule has 1 heteroatoms. The summed E-state index contributed by atoms with van der Waals surface area (Å²) < 4.78 is 0. The van der Waals surface area contributed by atoms with Crippen LogP contribution in [0.25, 0.3) is 0 Å². The molecule has 0 aliphatic heterocycles. The first-order valence-corrected chi connectivity index (χ1v) is 18.1. The summed E-state index contributed by atoms with van der Waals surface area (Å²) in [5, 5.41) is 0.703. The molecule has 0 N–H and O–H groups in total. The molecule has 0 atom stereocenters. The van der Waals surface area contributed by atoms with Crippen molar-refractivity contribution in [3.63, 3.8) is 0 Å². The predicted octanol–water partition coefficient (Wildman–Crippen LogP) is 12.4. The predicted molar refractivity (Wildman–Crippen MR) is 174 cm³/mol. The number of hydrogen-bond donors (Lipinski definition) is 1. The van der Waals surface area contributed by atoms with Crippen LogP contribution in [-0.4, -0.2) is 5.25 Å². The fraction of sp³-hybridized carbons (Fsp3) is 0.892. The van der Waals surface area contributed by atoms with Gasteiger partial charge in [0, 0.05) is 5.25 Å². The highest BCUT2D eigenvalue weighted by Crippen LogP contribution is 2.42. The number of allylic oxidation sites excluding steroid dienone is 4. The SMILES string of the molecule is CCCC/C=C/C1CCC(C2CCC(C)CC2)CC1.CCCC/C=C/C1CCC(C2CCC(S)CC2)CC1. The number of hydrogen-bond acceptors (Lipinski definition) is 1. The number of unbranched alkanes of at least 4 members (excludes halogenated alkanes) is 4. The summed E-state index contributed by atoms with van der Waals surface area (Å²) in [4.78, 5) is 0. The molecule has 0 aromatic carbocycles. The summed E-state index contributed by atoms with van der Waals surface area (Å²) in [6, 6.07) is 0. The van der Waals surface area contributed by atoms with Crippen LogP contribution in [0.3, 0.4) is 0 Å². The van der Waals surface area contributed by atoms with E-state index in [-0.39, 0.29) is 0 Å². The summed E-state index contributed by atoms with van der Waals surface area (Å²) in [7, 11) is 0. The zero-order chi connectivity index (χ0) is 27.0. The molecule has 4 aliphatic rings. The molecule has 4 saturated carbocycles. The first-order chi connectivity index (χ1) is 18.6. The van der Waals surface area contributed by atoms with Crippen molar-refractivity contribution in [2.45, 2.75) is 167 Å². The largest absolute Gasteiger partial charge is 0.176 e. The first kappa shape index (κ1) is 32.3. The maximum Gasteiger partial charge on any atom is 0.00170 e. The van der Waals surface area contributed by atoms with Gasteiger partial charge in [-0.25, -0.2) is 0 Å². The van der Waals surface area contributed by atoms with Gasteiger partial charge in [-0.3, -0.25) is 0 Å². The van der Waals surface area contributed by atoms with Gasteiger partial charge in [0.25, 0.3) is 0 Å². The van der Waals surface area contributed by atoms with Gasteiger partial charge in [0.15, 0.2) is 0 Å². The molecule has 0 amide bonds. The molecule has 0 aromatic rings. The van der Waals surface area contributed by atoms with E-state index in [1.807, 2.05) is 0 Å². The molecule has 0 radical (unpaired) electrons. The fourth-order valence-corrected chi connectivity index (χ4v) is 8.47. The van der Waals surface area contributed by atoms with Crippen LogP contribution in [0.4, 0.5) is 0 Å². The summed E-state index contributed by atoms with van der Waals surface area (Å²) in [5.74, 6) is 7.06. The van der Waals surface area contributed by atoms with Gasteiger partial charge >= 0.3 is 0 Å². The van der Waals surface area contributed by atoms with Gasteiger partial charge in [-0.1, -0.05) is 83.6 Å². The second kappa shape index (κ2) is 19.0. The van der Waals surface area contributed by atoms with Crippen LogP contribution in [0.1, 0.15) is 162 Å². The van der Waals surface area contributed by atoms with Crippen LogP contribution in [0, 0.1) is 41.4 Å². The molecule has 0 aromatic heterocycles. The third-order valence-electron chi connectivity index (χ3n) is 11.0. The standard InChI is InChI=1S/C19H34.C18H32S/c1-3-4-5-6-7-17-10-14-19(15-11-17)18-12-8-16(2)9-13-18;1-2-3-4-5-6-15-7-9-16(10-8-15)17-11-13-18(19)14-12-17/h6-7,16-19H,3-5,8-15H2,1-2H3;5-6,15-19H,2-4,7-14H2,1H3/b7-6+;6-5+. The number of thiol groups is 1. The molecule has 0 bridgehead atoms. The van der Waals surface area contributed by atoms with E-state index in [1.165, 1.54) is 141 Å². The molecule has 220 valence electrons. The molecule has 4 aliphatic carbocycles. The van der Waals surface area contributed by atoms with Crippen molar-refractivity contribution in [1.82, 2.24) is 0 Å². The van der Waals surface area contributed by atoms with Crippen molar-refractivity contribution in [1.29, 1.82) is 0 Å². The maximum absolute atomic E-state index is 4.63. The summed E-state index contributed by atoms with van der Waals surface area (Å²) in [6.07, 6.45) is 41.5. The van der Waals surface area contributed by atoms with Gasteiger partial charge in [-0.05, 0) is 144 Å². The minimum atomic E-state index is 0.703. The summed E-state index contributed by atoms with van der Waals surface area (Å²) in [6.45, 7) is 7.00. The van der Waals surface area contributed by atoms with Crippen molar-refractivity contribution in [3.05, 3.63) is 24.3 Å². The lowest BCUT2D eigenvalue weighted by molar-refractivity contribution is 0.160. The highest BCUT2D eigenvalue weighted by atomic mass is 32.1. The van der Waals surface area contributed by atoms with E-state index >= 15 is 0 Å². The Morgan fingerprint density at radius 3 is 1.21 bits per heavy atom. The van der Waals surface area contributed by atoms with E-state index in [0.29, 0.717) is 5.25 Å². The maximum atomic E-state index is 4.63. The van der Waals surface area contributed by atoms with Crippen LogP contribution in [0.15, 0.2) is 24.3 Å². The van der Waals surface area contributed by atoms with E-state index in [2.05, 4.69) is 57.7 Å². The molecule has 0 unspecified atom stereocenters. The third kappa shape index (κ3) is 12.1. The Hall–Kier alpha value is -0.170. The fourth-order valence-electron chi connectivity index (χ4n) is 8.17. The molecule has 38 heavy (non-hydrogen) atoms. The highest BCUT2D eigenvalue weighted by molar-refractivity contribution is 7.80. The molecule has 0 heterocycles. The van der Waals surface area contributed by atoms with Crippen LogP contribution < -0.4 is 0 Å². The summed E-state index contributed by atoms with van der Waals surface area (Å²) in [5.41, 5.74) is 0. The van der Waals surface area contributed by atoms with Crippen molar-refractivity contribution < 1.29 is 0 Å². The molecular weight excluding hydrogens is 476 g/mol. The van der Waals surface area contributed by atoms with Crippen LogP contribution in [-0.2, 0) is 0 Å². The van der Waals surface area contributed by atoms with Gasteiger partial charge in [0.05, 0.1) is 0 Å². The Balaban J connectivity index is 0.000000211.